The molecule has 0 atom stereocenters. The highest BCUT2D eigenvalue weighted by atomic mass is 16.2. The van der Waals surface area contributed by atoms with Gasteiger partial charge < -0.3 is 5.32 Å². The Kier molecular flexibility index (Phi) is 3.19. The lowest BCUT2D eigenvalue weighted by Gasteiger charge is -2.05. The summed E-state index contributed by atoms with van der Waals surface area (Å²) in [5, 5.41) is 2.57. The topological polar surface area (TPSA) is 76.4 Å². The fraction of sp³-hybridized carbons (Fsp3) is 0.0667. The van der Waals surface area contributed by atoms with E-state index in [1.807, 2.05) is 6.92 Å². The Balaban J connectivity index is 2.01. The largest absolute Gasteiger partial charge is 0.306 e. The van der Waals surface area contributed by atoms with Crippen molar-refractivity contribution in [2.24, 2.45) is 0 Å². The van der Waals surface area contributed by atoms with E-state index in [1.54, 1.807) is 42.7 Å². The van der Waals surface area contributed by atoms with Crippen LogP contribution in [0.25, 0.3) is 5.65 Å². The predicted octanol–water partition coefficient (Wildman–Crippen LogP) is 1.65. The van der Waals surface area contributed by atoms with Gasteiger partial charge in [0.05, 0.1) is 0 Å². The highest BCUT2D eigenvalue weighted by molar-refractivity contribution is 6.03. The zero-order valence-corrected chi connectivity index (χ0v) is 11.3. The fourth-order valence-corrected chi connectivity index (χ4v) is 1.95. The third kappa shape index (κ3) is 2.51. The summed E-state index contributed by atoms with van der Waals surface area (Å²) in [6.07, 6.45) is 4.46. The molecule has 3 rings (SSSR count). The maximum atomic E-state index is 12.3. The van der Waals surface area contributed by atoms with Crippen LogP contribution in [0.3, 0.4) is 0 Å². The number of nitrogens with one attached hydrogen (secondary N) is 1. The SMILES string of the molecule is Cc1ccn2c(=O)c(C(=O)Nc3ccccn3)cnc2c1. The Morgan fingerprint density at radius 2 is 2.10 bits per heavy atom. The number of anilines is 1. The standard InChI is InChI=1S/C15H12N4O2/c1-10-5-7-19-13(8-10)17-9-11(15(19)21)14(20)18-12-4-2-3-6-16-12/h2-9H,1H3,(H,16,18,20). The number of rotatable bonds is 2. The summed E-state index contributed by atoms with van der Waals surface area (Å²) in [6, 6.07) is 8.70. The third-order valence-corrected chi connectivity index (χ3v) is 3.02. The molecule has 0 aliphatic heterocycles. The van der Waals surface area contributed by atoms with Crippen molar-refractivity contribution in [3.63, 3.8) is 0 Å². The Hall–Kier alpha value is -3.02. The lowest BCUT2D eigenvalue weighted by Crippen LogP contribution is -2.26. The van der Waals surface area contributed by atoms with E-state index in [0.29, 0.717) is 11.5 Å². The van der Waals surface area contributed by atoms with Crippen LogP contribution in [-0.4, -0.2) is 20.3 Å². The van der Waals surface area contributed by atoms with Gasteiger partial charge in [-0.3, -0.25) is 14.0 Å². The van der Waals surface area contributed by atoms with Crippen LogP contribution in [0.15, 0.2) is 53.7 Å². The first-order valence-corrected chi connectivity index (χ1v) is 6.35. The molecule has 0 spiro atoms. The van der Waals surface area contributed by atoms with Crippen LogP contribution >= 0.6 is 0 Å². The van der Waals surface area contributed by atoms with Gasteiger partial charge in [-0.2, -0.15) is 0 Å². The van der Waals surface area contributed by atoms with Crippen molar-refractivity contribution < 1.29 is 4.79 Å². The number of carbonyl (C=O) groups excluding carboxylic acids is 1. The van der Waals surface area contributed by atoms with E-state index < -0.39 is 11.5 Å². The maximum absolute atomic E-state index is 12.3. The molecule has 6 heteroatoms. The molecule has 6 nitrogen and oxygen atoms in total. The van der Waals surface area contributed by atoms with Gasteiger partial charge in [-0.1, -0.05) is 6.07 Å². The lowest BCUT2D eigenvalue weighted by molar-refractivity contribution is 0.102. The summed E-state index contributed by atoms with van der Waals surface area (Å²) in [5.41, 5.74) is 1.07. The van der Waals surface area contributed by atoms with Crippen LogP contribution in [0.2, 0.25) is 0 Å². The molecule has 0 fully saturated rings. The number of hydrogen-bond donors (Lipinski definition) is 1. The molecule has 1 N–H and O–H groups in total. The van der Waals surface area contributed by atoms with Gasteiger partial charge in [-0.05, 0) is 36.8 Å². The number of hydrogen-bond acceptors (Lipinski definition) is 4. The molecule has 104 valence electrons. The first kappa shape index (κ1) is 13.0. The number of aromatic nitrogens is 3. The van der Waals surface area contributed by atoms with Crippen LogP contribution in [0.1, 0.15) is 15.9 Å². The first-order chi connectivity index (χ1) is 10.1. The Morgan fingerprint density at radius 1 is 1.24 bits per heavy atom. The van der Waals surface area contributed by atoms with Gasteiger partial charge in [0.15, 0.2) is 0 Å². The average molecular weight is 280 g/mol. The normalized spacial score (nSPS) is 10.5. The molecular weight excluding hydrogens is 268 g/mol. The van der Waals surface area contributed by atoms with Crippen LogP contribution in [-0.2, 0) is 0 Å². The minimum atomic E-state index is -0.527. The molecule has 0 aliphatic carbocycles. The van der Waals surface area contributed by atoms with Crippen molar-refractivity contribution in [1.82, 2.24) is 14.4 Å². The van der Waals surface area contributed by atoms with Crippen molar-refractivity contribution in [3.05, 3.63) is 70.4 Å². The van der Waals surface area contributed by atoms with E-state index in [-0.39, 0.29) is 5.56 Å². The van der Waals surface area contributed by atoms with Crippen molar-refractivity contribution in [3.8, 4) is 0 Å². The molecule has 21 heavy (non-hydrogen) atoms. The first-order valence-electron chi connectivity index (χ1n) is 6.35. The molecular formula is C15H12N4O2. The Labute approximate surface area is 120 Å². The zero-order valence-electron chi connectivity index (χ0n) is 11.3. The van der Waals surface area contributed by atoms with Gasteiger partial charge in [0, 0.05) is 18.6 Å². The predicted molar refractivity (Wildman–Crippen MR) is 78.4 cm³/mol. The molecule has 3 aromatic heterocycles. The summed E-state index contributed by atoms with van der Waals surface area (Å²) in [5.74, 6) is -0.142. The van der Waals surface area contributed by atoms with Gasteiger partial charge in [-0.25, -0.2) is 9.97 Å². The molecule has 0 radical (unpaired) electrons. The summed E-state index contributed by atoms with van der Waals surface area (Å²) in [6.45, 7) is 1.91. The zero-order chi connectivity index (χ0) is 14.8. The van der Waals surface area contributed by atoms with Gasteiger partial charge in [-0.15, -0.1) is 0 Å². The molecule has 0 unspecified atom stereocenters. The smallest absolute Gasteiger partial charge is 0.270 e. The molecule has 0 saturated heterocycles. The lowest BCUT2D eigenvalue weighted by atomic mass is 10.2. The van der Waals surface area contributed by atoms with E-state index in [1.165, 1.54) is 10.6 Å². The number of carbonyl (C=O) groups is 1. The average Bonchev–Trinajstić information content (AvgIpc) is 2.48. The van der Waals surface area contributed by atoms with Crippen LogP contribution in [0, 0.1) is 6.92 Å². The van der Waals surface area contributed by atoms with Crippen molar-refractivity contribution in [2.45, 2.75) is 6.92 Å². The van der Waals surface area contributed by atoms with Crippen LogP contribution in [0.5, 0.6) is 0 Å². The fourth-order valence-electron chi connectivity index (χ4n) is 1.95. The second-order valence-electron chi connectivity index (χ2n) is 4.58. The number of amides is 1. The minimum absolute atomic E-state index is 0.0259. The Morgan fingerprint density at radius 3 is 2.86 bits per heavy atom. The summed E-state index contributed by atoms with van der Waals surface area (Å²) in [7, 11) is 0. The molecule has 0 aliphatic rings. The summed E-state index contributed by atoms with van der Waals surface area (Å²) in [4.78, 5) is 32.6. The molecule has 0 bridgehead atoms. The van der Waals surface area contributed by atoms with Crippen molar-refractivity contribution in [2.75, 3.05) is 5.32 Å². The summed E-state index contributed by atoms with van der Waals surface area (Å²) < 4.78 is 1.35. The van der Waals surface area contributed by atoms with Gasteiger partial charge in [0.1, 0.15) is 17.0 Å². The second-order valence-corrected chi connectivity index (χ2v) is 4.58. The van der Waals surface area contributed by atoms with E-state index >= 15 is 0 Å². The number of nitrogens with zero attached hydrogens (tertiary/aromatic N) is 3. The number of pyridine rings is 2. The van der Waals surface area contributed by atoms with Crippen molar-refractivity contribution >= 4 is 17.4 Å². The minimum Gasteiger partial charge on any atom is -0.306 e. The highest BCUT2D eigenvalue weighted by Crippen LogP contribution is 2.05. The molecule has 0 saturated carbocycles. The second kappa shape index (κ2) is 5.16. The molecule has 1 amide bonds. The van der Waals surface area contributed by atoms with Crippen LogP contribution in [0.4, 0.5) is 5.82 Å². The quantitative estimate of drug-likeness (QED) is 0.774. The van der Waals surface area contributed by atoms with E-state index in [4.69, 9.17) is 0 Å². The van der Waals surface area contributed by atoms with E-state index in [0.717, 1.165) is 5.56 Å². The molecule has 3 aromatic rings. The van der Waals surface area contributed by atoms with Gasteiger partial charge >= 0.3 is 0 Å². The van der Waals surface area contributed by atoms with Crippen LogP contribution < -0.4 is 10.9 Å². The third-order valence-electron chi connectivity index (χ3n) is 3.02. The van der Waals surface area contributed by atoms with Gasteiger partial charge in [0.2, 0.25) is 0 Å². The monoisotopic (exact) mass is 280 g/mol. The Bertz CT molecular complexity index is 872. The molecule has 0 aromatic carbocycles. The highest BCUT2D eigenvalue weighted by Gasteiger charge is 2.13. The van der Waals surface area contributed by atoms with Crippen molar-refractivity contribution in [1.29, 1.82) is 0 Å². The number of aryl methyl sites for hydroxylation is 1. The summed E-state index contributed by atoms with van der Waals surface area (Å²) >= 11 is 0. The van der Waals surface area contributed by atoms with Gasteiger partial charge in [0.25, 0.3) is 11.5 Å². The maximum Gasteiger partial charge on any atom is 0.270 e. The van der Waals surface area contributed by atoms with E-state index in [2.05, 4.69) is 15.3 Å². The number of fused-ring (bicyclic) bond motifs is 1. The van der Waals surface area contributed by atoms with E-state index in [9.17, 15) is 9.59 Å². The molecule has 3 heterocycles.